The summed E-state index contributed by atoms with van der Waals surface area (Å²) in [5, 5.41) is 2.75. The van der Waals surface area contributed by atoms with Crippen LogP contribution in [0, 0.1) is 0 Å². The van der Waals surface area contributed by atoms with Gasteiger partial charge in [-0.2, -0.15) is 0 Å². The van der Waals surface area contributed by atoms with Crippen molar-refractivity contribution in [2.24, 2.45) is 0 Å². The van der Waals surface area contributed by atoms with Crippen LogP contribution in [0.15, 0.2) is 12.5 Å². The summed E-state index contributed by atoms with van der Waals surface area (Å²) in [6, 6.07) is 0. The quantitative estimate of drug-likeness (QED) is 0.314. The fourth-order valence-corrected chi connectivity index (χ4v) is 11.8. The maximum absolute atomic E-state index is 10.6. The number of fused-ring (bicyclic) bond motifs is 1. The van der Waals surface area contributed by atoms with Gasteiger partial charge in [-0.1, -0.05) is 0 Å². The number of unbranched alkanes of at least 4 members (excludes halogenated alkanes) is 3. The molecule has 0 bridgehead atoms. The second-order valence-corrected chi connectivity index (χ2v) is 14.6. The van der Waals surface area contributed by atoms with Crippen molar-refractivity contribution in [2.45, 2.75) is 88.5 Å². The molecule has 2 aromatic heterocycles. The van der Waals surface area contributed by atoms with Crippen LogP contribution in [0.3, 0.4) is 0 Å². The number of amides is 1. The Morgan fingerprint density at radius 1 is 1.15 bits per heavy atom. The predicted octanol–water partition coefficient (Wildman–Crippen LogP) is 4.70. The van der Waals surface area contributed by atoms with Crippen LogP contribution in [-0.4, -0.2) is 36.9 Å². The molecule has 0 atom stereocenters. The third kappa shape index (κ3) is 5.98. The molecule has 0 aromatic carbocycles. The topological polar surface area (TPSA) is 46.4 Å². The van der Waals surface area contributed by atoms with Gasteiger partial charge in [0.1, 0.15) is 0 Å². The molecule has 2 rings (SSSR count). The molecular weight excluding hydrogens is 449 g/mol. The summed E-state index contributed by atoms with van der Waals surface area (Å²) in [7, 11) is 0. The van der Waals surface area contributed by atoms with E-state index in [1.54, 1.807) is 2.89 Å². The molecule has 144 valence electrons. The first-order valence-corrected chi connectivity index (χ1v) is 13.8. The maximum atomic E-state index is 10.6. The van der Waals surface area contributed by atoms with Crippen LogP contribution in [0.5, 0.6) is 0 Å². The van der Waals surface area contributed by atoms with Crippen molar-refractivity contribution in [2.75, 3.05) is 0 Å². The van der Waals surface area contributed by atoms with Crippen molar-refractivity contribution in [1.82, 2.24) is 14.7 Å². The number of thiazole rings is 1. The molecule has 0 fully saturated rings. The summed E-state index contributed by atoms with van der Waals surface area (Å²) >= 11 is 1.24. The summed E-state index contributed by atoms with van der Waals surface area (Å²) in [6.07, 6.45) is 17.3. The molecule has 6 heteroatoms. The first kappa shape index (κ1) is 21.7. The van der Waals surface area contributed by atoms with E-state index in [2.05, 4.69) is 41.7 Å². The number of aromatic nitrogens is 2. The van der Waals surface area contributed by atoms with E-state index in [1.165, 1.54) is 62.6 Å². The Kier molecular flexibility index (Phi) is 9.46. The minimum atomic E-state index is -0.693. The van der Waals surface area contributed by atoms with Gasteiger partial charge in [-0.05, 0) is 0 Å². The second kappa shape index (κ2) is 11.3. The Bertz CT molecular complexity index is 645. The van der Waals surface area contributed by atoms with Gasteiger partial charge in [0.05, 0.1) is 0 Å². The van der Waals surface area contributed by atoms with Crippen LogP contribution >= 0.6 is 11.3 Å². The monoisotopic (exact) mass is 483 g/mol. The van der Waals surface area contributed by atoms with Crippen molar-refractivity contribution in [1.29, 1.82) is 0 Å². The van der Waals surface area contributed by atoms with Gasteiger partial charge in [-0.25, -0.2) is 0 Å². The zero-order valence-electron chi connectivity index (χ0n) is 16.5. The minimum absolute atomic E-state index is 0.525. The number of rotatable bonds is 14. The molecule has 2 aromatic rings. The fourth-order valence-electron chi connectivity index (χ4n) is 3.54. The van der Waals surface area contributed by atoms with E-state index in [4.69, 9.17) is 0 Å². The Hall–Kier alpha value is -0.561. The molecule has 0 saturated heterocycles. The van der Waals surface area contributed by atoms with Crippen LogP contribution in [0.2, 0.25) is 3.43 Å². The molecule has 1 N–H and O–H groups in total. The van der Waals surface area contributed by atoms with Crippen LogP contribution in [0.4, 0.5) is 0 Å². The zero-order valence-corrected chi connectivity index (χ0v) is 20.2. The van der Waals surface area contributed by atoms with Crippen molar-refractivity contribution < 1.29 is 4.79 Å². The number of imidazole rings is 1. The summed E-state index contributed by atoms with van der Waals surface area (Å²) in [6.45, 7) is 7.49. The average molecular weight is 482 g/mol. The van der Waals surface area contributed by atoms with Gasteiger partial charge in [0.2, 0.25) is 0 Å². The summed E-state index contributed by atoms with van der Waals surface area (Å²) in [5.74, 6) is 0. The molecule has 0 unspecified atom stereocenters. The van der Waals surface area contributed by atoms with Crippen LogP contribution < -0.4 is 8.21 Å². The van der Waals surface area contributed by atoms with E-state index in [9.17, 15) is 4.79 Å². The summed E-state index contributed by atoms with van der Waals surface area (Å²) in [4.78, 5) is 16.3. The molecule has 4 nitrogen and oxygen atoms in total. The van der Waals surface area contributed by atoms with Crippen LogP contribution in [0.1, 0.15) is 84.3 Å². The molecule has 2 heterocycles. The SMILES string of the molecule is CCCC[C](CCCC)(CCCC)[Sn][c]1cn2cnc(CNC=O)c2s1. The molecule has 2 radical (unpaired) electrons. The summed E-state index contributed by atoms with van der Waals surface area (Å²) in [5.41, 5.74) is 0.994. The molecule has 0 aliphatic heterocycles. The number of nitrogens with one attached hydrogen (secondary N) is 1. The van der Waals surface area contributed by atoms with Gasteiger partial charge in [-0.15, -0.1) is 0 Å². The van der Waals surface area contributed by atoms with E-state index in [-0.39, 0.29) is 0 Å². The molecule has 1 amide bonds. The van der Waals surface area contributed by atoms with Gasteiger partial charge in [0.15, 0.2) is 0 Å². The van der Waals surface area contributed by atoms with Crippen LogP contribution in [-0.2, 0) is 11.3 Å². The van der Waals surface area contributed by atoms with E-state index in [0.29, 0.717) is 9.98 Å². The average Bonchev–Trinajstić information content (AvgIpc) is 3.21. The summed E-state index contributed by atoms with van der Waals surface area (Å²) < 4.78 is 4.41. The second-order valence-electron chi connectivity index (χ2n) is 7.21. The Morgan fingerprint density at radius 3 is 2.31 bits per heavy atom. The zero-order chi connectivity index (χ0) is 18.8. The first-order valence-electron chi connectivity index (χ1n) is 10.1. The van der Waals surface area contributed by atoms with E-state index >= 15 is 0 Å². The molecule has 0 aliphatic carbocycles. The van der Waals surface area contributed by atoms with Gasteiger partial charge in [0, 0.05) is 0 Å². The number of carbonyl (C=O) groups excluding carboxylic acids is 1. The number of nitrogens with zero attached hydrogens (tertiary/aromatic N) is 2. The normalized spacial score (nSPS) is 12.0. The van der Waals surface area contributed by atoms with Crippen molar-refractivity contribution in [3.63, 3.8) is 0 Å². The van der Waals surface area contributed by atoms with E-state index in [0.717, 1.165) is 12.1 Å². The van der Waals surface area contributed by atoms with Gasteiger partial charge >= 0.3 is 173 Å². The molecule has 0 spiro atoms. The molecular formula is C20H33N3OSSn. The van der Waals surface area contributed by atoms with Crippen molar-refractivity contribution in [3.8, 4) is 0 Å². The standard InChI is InChI=1S/C13H27.C7H6N3OS.Sn/c1-4-7-10-13(11-8-5-2)12-9-6-3;11-5-8-3-6-7-10(4-9-6)1-2-12-7;/h4-12H2,1-3H3;1,4-5H,3H2,(H,8,11);. The van der Waals surface area contributed by atoms with E-state index in [1.807, 2.05) is 17.7 Å². The predicted molar refractivity (Wildman–Crippen MR) is 113 cm³/mol. The van der Waals surface area contributed by atoms with Crippen molar-refractivity contribution in [3.05, 3.63) is 18.2 Å². The third-order valence-corrected chi connectivity index (χ3v) is 12.3. The number of hydrogen-bond donors (Lipinski definition) is 1. The fraction of sp³-hybridized carbons (Fsp3) is 0.700. The Morgan fingerprint density at radius 2 is 1.77 bits per heavy atom. The first-order chi connectivity index (χ1) is 12.7. The molecule has 0 aliphatic rings. The molecule has 0 saturated carbocycles. The van der Waals surface area contributed by atoms with Crippen molar-refractivity contribution >= 4 is 46.6 Å². The van der Waals surface area contributed by atoms with E-state index < -0.39 is 21.1 Å². The third-order valence-electron chi connectivity index (χ3n) is 5.05. The number of carbonyl (C=O) groups is 1. The van der Waals surface area contributed by atoms with Gasteiger partial charge in [0.25, 0.3) is 0 Å². The van der Waals surface area contributed by atoms with Gasteiger partial charge < -0.3 is 0 Å². The number of hydrogen-bond acceptors (Lipinski definition) is 3. The Balaban J connectivity index is 2.22. The van der Waals surface area contributed by atoms with Crippen LogP contribution in [0.25, 0.3) is 4.83 Å². The van der Waals surface area contributed by atoms with Gasteiger partial charge in [-0.3, -0.25) is 0 Å². The molecule has 26 heavy (non-hydrogen) atoms. The Labute approximate surface area is 172 Å².